The van der Waals surface area contributed by atoms with Gasteiger partial charge in [-0.15, -0.1) is 0 Å². The SMILES string of the molecule is CCOc1ccccc1OS(=O)(=O)c1ccc2c(c1)CCC2. The van der Waals surface area contributed by atoms with Crippen molar-refractivity contribution in [1.82, 2.24) is 0 Å². The van der Waals surface area contributed by atoms with Crippen LogP contribution in [0.3, 0.4) is 0 Å². The van der Waals surface area contributed by atoms with Crippen molar-refractivity contribution in [1.29, 1.82) is 0 Å². The second-order valence-electron chi connectivity index (χ2n) is 5.20. The normalized spacial score (nSPS) is 13.7. The lowest BCUT2D eigenvalue weighted by Crippen LogP contribution is -2.11. The summed E-state index contributed by atoms with van der Waals surface area (Å²) >= 11 is 0. The van der Waals surface area contributed by atoms with E-state index in [1.54, 1.807) is 36.4 Å². The molecule has 0 fully saturated rings. The summed E-state index contributed by atoms with van der Waals surface area (Å²) in [5.41, 5.74) is 2.33. The van der Waals surface area contributed by atoms with Gasteiger partial charge in [-0.1, -0.05) is 18.2 Å². The van der Waals surface area contributed by atoms with Crippen molar-refractivity contribution in [3.63, 3.8) is 0 Å². The van der Waals surface area contributed by atoms with Gasteiger partial charge in [0, 0.05) is 0 Å². The van der Waals surface area contributed by atoms with E-state index in [4.69, 9.17) is 8.92 Å². The number of rotatable bonds is 5. The van der Waals surface area contributed by atoms with Gasteiger partial charge in [-0.25, -0.2) is 0 Å². The molecule has 3 rings (SSSR count). The van der Waals surface area contributed by atoms with Crippen LogP contribution in [0.15, 0.2) is 47.4 Å². The Kier molecular flexibility index (Phi) is 4.07. The number of ether oxygens (including phenoxy) is 1. The fourth-order valence-corrected chi connectivity index (χ4v) is 3.66. The van der Waals surface area contributed by atoms with Crippen LogP contribution >= 0.6 is 0 Å². The maximum absolute atomic E-state index is 12.5. The van der Waals surface area contributed by atoms with Gasteiger partial charge in [0.2, 0.25) is 0 Å². The third kappa shape index (κ3) is 2.95. The Morgan fingerprint density at radius 3 is 2.50 bits per heavy atom. The first-order valence-electron chi connectivity index (χ1n) is 7.38. The third-order valence-corrected chi connectivity index (χ3v) is 4.94. The maximum atomic E-state index is 12.5. The first-order valence-corrected chi connectivity index (χ1v) is 8.79. The van der Waals surface area contributed by atoms with E-state index in [1.165, 1.54) is 5.56 Å². The summed E-state index contributed by atoms with van der Waals surface area (Å²) in [5.74, 6) is 0.639. The Balaban J connectivity index is 1.91. The molecule has 2 aromatic carbocycles. The molecule has 0 aliphatic heterocycles. The van der Waals surface area contributed by atoms with E-state index in [0.29, 0.717) is 12.4 Å². The van der Waals surface area contributed by atoms with Crippen molar-refractivity contribution in [2.45, 2.75) is 31.1 Å². The highest BCUT2D eigenvalue weighted by Gasteiger charge is 2.21. The van der Waals surface area contributed by atoms with Crippen LogP contribution in [0.4, 0.5) is 0 Å². The number of aryl methyl sites for hydroxylation is 2. The fraction of sp³-hybridized carbons (Fsp3) is 0.294. The fourth-order valence-electron chi connectivity index (χ4n) is 2.66. The Labute approximate surface area is 130 Å². The van der Waals surface area contributed by atoms with E-state index >= 15 is 0 Å². The van der Waals surface area contributed by atoms with Gasteiger partial charge in [-0.05, 0) is 61.6 Å². The van der Waals surface area contributed by atoms with Crippen molar-refractivity contribution >= 4 is 10.1 Å². The molecule has 22 heavy (non-hydrogen) atoms. The topological polar surface area (TPSA) is 52.6 Å². The van der Waals surface area contributed by atoms with Crippen LogP contribution in [0, 0.1) is 0 Å². The summed E-state index contributed by atoms with van der Waals surface area (Å²) in [5, 5.41) is 0. The maximum Gasteiger partial charge on any atom is 0.339 e. The lowest BCUT2D eigenvalue weighted by atomic mass is 10.1. The zero-order valence-corrected chi connectivity index (χ0v) is 13.2. The van der Waals surface area contributed by atoms with E-state index in [1.807, 2.05) is 13.0 Å². The molecule has 5 heteroatoms. The van der Waals surface area contributed by atoms with E-state index in [0.717, 1.165) is 24.8 Å². The molecule has 0 spiro atoms. The molecule has 0 saturated heterocycles. The summed E-state index contributed by atoms with van der Waals surface area (Å²) in [7, 11) is -3.86. The molecule has 0 saturated carbocycles. The molecule has 0 heterocycles. The largest absolute Gasteiger partial charge is 0.490 e. The minimum absolute atomic E-state index is 0.194. The summed E-state index contributed by atoms with van der Waals surface area (Å²) in [6.45, 7) is 2.28. The molecule has 0 atom stereocenters. The lowest BCUT2D eigenvalue weighted by Gasteiger charge is -2.12. The first kappa shape index (κ1) is 14.9. The van der Waals surface area contributed by atoms with Crippen LogP contribution in [0.2, 0.25) is 0 Å². The molecule has 4 nitrogen and oxygen atoms in total. The highest BCUT2D eigenvalue weighted by Crippen LogP contribution is 2.31. The molecule has 0 radical (unpaired) electrons. The van der Waals surface area contributed by atoms with Gasteiger partial charge < -0.3 is 8.92 Å². The summed E-state index contributed by atoms with van der Waals surface area (Å²) in [6.07, 6.45) is 3.02. The molecular formula is C17H18O4S. The number of para-hydroxylation sites is 2. The Hall–Kier alpha value is -2.01. The minimum atomic E-state index is -3.86. The Bertz CT molecular complexity index is 781. The number of benzene rings is 2. The van der Waals surface area contributed by atoms with Gasteiger partial charge in [-0.2, -0.15) is 8.42 Å². The van der Waals surface area contributed by atoms with Gasteiger partial charge in [0.1, 0.15) is 4.90 Å². The molecule has 1 aliphatic carbocycles. The zero-order valence-electron chi connectivity index (χ0n) is 12.4. The van der Waals surface area contributed by atoms with Crippen molar-refractivity contribution < 1.29 is 17.3 Å². The summed E-state index contributed by atoms with van der Waals surface area (Å²) in [4.78, 5) is 0.194. The van der Waals surface area contributed by atoms with E-state index in [-0.39, 0.29) is 10.6 Å². The van der Waals surface area contributed by atoms with Crippen LogP contribution < -0.4 is 8.92 Å². The molecule has 0 unspecified atom stereocenters. The van der Waals surface area contributed by atoms with Gasteiger partial charge in [0.15, 0.2) is 11.5 Å². The predicted molar refractivity (Wildman–Crippen MR) is 83.9 cm³/mol. The number of hydrogen-bond donors (Lipinski definition) is 0. The van der Waals surface area contributed by atoms with Crippen LogP contribution in [0.5, 0.6) is 11.5 Å². The van der Waals surface area contributed by atoms with Gasteiger partial charge in [0.25, 0.3) is 0 Å². The second-order valence-corrected chi connectivity index (χ2v) is 6.75. The number of hydrogen-bond acceptors (Lipinski definition) is 4. The monoisotopic (exact) mass is 318 g/mol. The molecule has 0 aromatic heterocycles. The summed E-state index contributed by atoms with van der Waals surface area (Å²) < 4.78 is 35.6. The molecule has 0 bridgehead atoms. The van der Waals surface area contributed by atoms with E-state index in [2.05, 4.69) is 0 Å². The molecule has 1 aliphatic rings. The highest BCUT2D eigenvalue weighted by molar-refractivity contribution is 7.87. The quantitative estimate of drug-likeness (QED) is 0.793. The van der Waals surface area contributed by atoms with Crippen LogP contribution in [-0.4, -0.2) is 15.0 Å². The van der Waals surface area contributed by atoms with Gasteiger partial charge >= 0.3 is 10.1 Å². The second kappa shape index (κ2) is 6.01. The van der Waals surface area contributed by atoms with Crippen LogP contribution in [0.25, 0.3) is 0 Å². The van der Waals surface area contributed by atoms with Crippen molar-refractivity contribution in [3.05, 3.63) is 53.6 Å². The molecule has 0 amide bonds. The van der Waals surface area contributed by atoms with Gasteiger partial charge in [-0.3, -0.25) is 0 Å². The molecule has 0 N–H and O–H groups in total. The van der Waals surface area contributed by atoms with Crippen molar-refractivity contribution in [2.75, 3.05) is 6.61 Å². The summed E-state index contributed by atoms with van der Waals surface area (Å²) in [6, 6.07) is 12.0. The predicted octanol–water partition coefficient (Wildman–Crippen LogP) is 3.34. The van der Waals surface area contributed by atoms with Crippen LogP contribution in [0.1, 0.15) is 24.5 Å². The van der Waals surface area contributed by atoms with E-state index in [9.17, 15) is 8.42 Å². The molecule has 116 valence electrons. The number of fused-ring (bicyclic) bond motifs is 1. The highest BCUT2D eigenvalue weighted by atomic mass is 32.2. The minimum Gasteiger partial charge on any atom is -0.490 e. The smallest absolute Gasteiger partial charge is 0.339 e. The Morgan fingerprint density at radius 1 is 1.00 bits per heavy atom. The van der Waals surface area contributed by atoms with Crippen LogP contribution in [-0.2, 0) is 23.0 Å². The van der Waals surface area contributed by atoms with Crippen molar-refractivity contribution in [3.8, 4) is 11.5 Å². The molecular weight excluding hydrogens is 300 g/mol. The Morgan fingerprint density at radius 2 is 1.73 bits per heavy atom. The first-order chi connectivity index (χ1) is 10.6. The standard InChI is InChI=1S/C17H18O4S/c1-2-20-16-8-3-4-9-17(16)21-22(18,19)15-11-10-13-6-5-7-14(13)12-15/h3-4,8-12H,2,5-7H2,1H3. The lowest BCUT2D eigenvalue weighted by molar-refractivity contribution is 0.327. The van der Waals surface area contributed by atoms with Gasteiger partial charge in [0.05, 0.1) is 6.61 Å². The average molecular weight is 318 g/mol. The zero-order chi connectivity index (χ0) is 15.6. The average Bonchev–Trinajstić information content (AvgIpc) is 2.97. The molecule has 2 aromatic rings. The third-order valence-electron chi connectivity index (χ3n) is 3.71. The van der Waals surface area contributed by atoms with E-state index < -0.39 is 10.1 Å². The van der Waals surface area contributed by atoms with Crippen molar-refractivity contribution in [2.24, 2.45) is 0 Å².